The first-order valence-electron chi connectivity index (χ1n) is 9.24. The van der Waals surface area contributed by atoms with Crippen LogP contribution in [-0.4, -0.2) is 23.0 Å². The fraction of sp³-hybridized carbons (Fsp3) is 0.650. The fourth-order valence-corrected chi connectivity index (χ4v) is 5.65. The summed E-state index contributed by atoms with van der Waals surface area (Å²) in [5.74, 6) is 1.09. The quantitative estimate of drug-likeness (QED) is 0.752. The summed E-state index contributed by atoms with van der Waals surface area (Å²) < 4.78 is 0. The molecule has 2 nitrogen and oxygen atoms in total. The molecule has 0 aromatic heterocycles. The van der Waals surface area contributed by atoms with E-state index < -0.39 is 0 Å². The second-order valence-electron chi connectivity index (χ2n) is 7.07. The number of rotatable bonds is 7. The smallest absolute Gasteiger partial charge is 0.221 e. The Balaban J connectivity index is 1.33. The van der Waals surface area contributed by atoms with Crippen molar-refractivity contribution in [3.05, 3.63) is 35.4 Å². The molecule has 2 saturated heterocycles. The minimum atomic E-state index is 0.262. The van der Waals surface area contributed by atoms with Crippen molar-refractivity contribution in [2.45, 2.75) is 68.8 Å². The molecule has 0 radical (unpaired) electrons. The minimum absolute atomic E-state index is 0.262. The lowest BCUT2D eigenvalue weighted by molar-refractivity contribution is -0.121. The highest BCUT2D eigenvalue weighted by molar-refractivity contribution is 8.00. The molecule has 1 aromatic rings. The van der Waals surface area contributed by atoms with Gasteiger partial charge >= 0.3 is 0 Å². The molecule has 126 valence electrons. The SMILES string of the molecule is CCc1ccc(CCCCC[C@@H]2CC3CC(=O)NC[C@H]2S3)cc1. The molecule has 2 aliphatic rings. The van der Waals surface area contributed by atoms with Gasteiger partial charge in [0, 0.05) is 23.5 Å². The number of carbonyl (C=O) groups excluding carboxylic acids is 1. The van der Waals surface area contributed by atoms with Crippen LogP contribution >= 0.6 is 11.8 Å². The van der Waals surface area contributed by atoms with Gasteiger partial charge in [-0.2, -0.15) is 11.8 Å². The zero-order valence-corrected chi connectivity index (χ0v) is 15.0. The van der Waals surface area contributed by atoms with E-state index in [4.69, 9.17) is 0 Å². The van der Waals surface area contributed by atoms with Crippen molar-refractivity contribution in [3.63, 3.8) is 0 Å². The average molecular weight is 332 g/mol. The van der Waals surface area contributed by atoms with Crippen LogP contribution in [0, 0.1) is 5.92 Å². The Hall–Kier alpha value is -0.960. The van der Waals surface area contributed by atoms with E-state index in [9.17, 15) is 4.79 Å². The van der Waals surface area contributed by atoms with Gasteiger partial charge in [0.1, 0.15) is 0 Å². The Morgan fingerprint density at radius 2 is 1.91 bits per heavy atom. The van der Waals surface area contributed by atoms with Gasteiger partial charge in [0.05, 0.1) is 0 Å². The zero-order chi connectivity index (χ0) is 16.1. The third-order valence-corrected chi connectivity index (χ3v) is 6.99. The Morgan fingerprint density at radius 1 is 1.13 bits per heavy atom. The van der Waals surface area contributed by atoms with Crippen molar-refractivity contribution >= 4 is 17.7 Å². The fourth-order valence-electron chi connectivity index (χ4n) is 3.90. The molecule has 2 heterocycles. The van der Waals surface area contributed by atoms with E-state index in [0.29, 0.717) is 10.5 Å². The molecule has 1 amide bonds. The summed E-state index contributed by atoms with van der Waals surface area (Å²) in [4.78, 5) is 11.5. The van der Waals surface area contributed by atoms with E-state index in [0.717, 1.165) is 25.3 Å². The van der Waals surface area contributed by atoms with Crippen LogP contribution in [0.1, 0.15) is 56.6 Å². The van der Waals surface area contributed by atoms with Gasteiger partial charge in [-0.25, -0.2) is 0 Å². The lowest BCUT2D eigenvalue weighted by Crippen LogP contribution is -2.33. The van der Waals surface area contributed by atoms with E-state index in [1.807, 2.05) is 0 Å². The third kappa shape index (κ3) is 4.76. The highest BCUT2D eigenvalue weighted by Gasteiger charge is 2.37. The lowest BCUT2D eigenvalue weighted by atomic mass is 9.91. The first kappa shape index (κ1) is 16.9. The van der Waals surface area contributed by atoms with Gasteiger partial charge in [0.25, 0.3) is 0 Å². The number of hydrogen-bond donors (Lipinski definition) is 1. The van der Waals surface area contributed by atoms with E-state index in [1.165, 1.54) is 49.7 Å². The van der Waals surface area contributed by atoms with Crippen LogP contribution in [0.5, 0.6) is 0 Å². The predicted octanol–water partition coefficient (Wildman–Crippen LogP) is 4.36. The molecule has 0 spiro atoms. The topological polar surface area (TPSA) is 29.1 Å². The standard InChI is InChI=1S/C20H29NOS/c1-2-15-8-10-16(11-9-15)6-4-3-5-7-17-12-18-13-20(22)21-14-19(17)23-18/h8-11,17-19H,2-7,12-14H2,1H3,(H,21,22)/t17-,18?,19-/m1/s1. The normalized spacial score (nSPS) is 26.8. The van der Waals surface area contributed by atoms with Gasteiger partial charge in [-0.3, -0.25) is 4.79 Å². The highest BCUT2D eigenvalue weighted by atomic mass is 32.2. The molecule has 1 aromatic carbocycles. The molecule has 0 aliphatic carbocycles. The molecule has 3 rings (SSSR count). The van der Waals surface area contributed by atoms with Crippen molar-refractivity contribution < 1.29 is 4.79 Å². The summed E-state index contributed by atoms with van der Waals surface area (Å²) in [6.07, 6.45) is 9.67. The van der Waals surface area contributed by atoms with Crippen LogP contribution in [0.15, 0.2) is 24.3 Å². The summed E-state index contributed by atoms with van der Waals surface area (Å²) in [5.41, 5.74) is 2.91. The maximum Gasteiger partial charge on any atom is 0.221 e. The van der Waals surface area contributed by atoms with E-state index in [-0.39, 0.29) is 5.91 Å². The summed E-state index contributed by atoms with van der Waals surface area (Å²) in [6, 6.07) is 9.12. The lowest BCUT2D eigenvalue weighted by Gasteiger charge is -2.19. The van der Waals surface area contributed by atoms with Gasteiger partial charge < -0.3 is 5.32 Å². The van der Waals surface area contributed by atoms with Crippen LogP contribution in [-0.2, 0) is 17.6 Å². The number of amides is 1. The maximum absolute atomic E-state index is 11.5. The molecule has 2 bridgehead atoms. The summed E-state index contributed by atoms with van der Waals surface area (Å²) in [5, 5.41) is 4.34. The molecule has 23 heavy (non-hydrogen) atoms. The number of aryl methyl sites for hydroxylation is 2. The molecule has 0 saturated carbocycles. The van der Waals surface area contributed by atoms with Gasteiger partial charge in [-0.05, 0) is 49.1 Å². The van der Waals surface area contributed by atoms with Crippen LogP contribution in [0.4, 0.5) is 0 Å². The molecule has 2 fully saturated rings. The first-order chi connectivity index (χ1) is 11.2. The average Bonchev–Trinajstić information content (AvgIpc) is 2.83. The van der Waals surface area contributed by atoms with E-state index in [1.54, 1.807) is 0 Å². The Labute approximate surface area is 144 Å². The van der Waals surface area contributed by atoms with Gasteiger partial charge in [0.15, 0.2) is 0 Å². The second-order valence-corrected chi connectivity index (χ2v) is 8.61. The second kappa shape index (κ2) is 8.23. The maximum atomic E-state index is 11.5. The van der Waals surface area contributed by atoms with E-state index >= 15 is 0 Å². The predicted molar refractivity (Wildman–Crippen MR) is 98.9 cm³/mol. The first-order valence-corrected chi connectivity index (χ1v) is 10.2. The monoisotopic (exact) mass is 331 g/mol. The Morgan fingerprint density at radius 3 is 2.70 bits per heavy atom. The van der Waals surface area contributed by atoms with Crippen LogP contribution < -0.4 is 5.32 Å². The molecular formula is C20H29NOS. The molecule has 3 heteroatoms. The van der Waals surface area contributed by atoms with Crippen molar-refractivity contribution in [2.24, 2.45) is 5.92 Å². The summed E-state index contributed by atoms with van der Waals surface area (Å²) >= 11 is 2.07. The molecule has 3 atom stereocenters. The van der Waals surface area contributed by atoms with E-state index in [2.05, 4.69) is 48.3 Å². The van der Waals surface area contributed by atoms with Crippen molar-refractivity contribution in [2.75, 3.05) is 6.54 Å². The van der Waals surface area contributed by atoms with Gasteiger partial charge in [-0.1, -0.05) is 44.0 Å². The van der Waals surface area contributed by atoms with Crippen molar-refractivity contribution in [1.82, 2.24) is 5.32 Å². The zero-order valence-electron chi connectivity index (χ0n) is 14.2. The van der Waals surface area contributed by atoms with Gasteiger partial charge in [0.2, 0.25) is 5.91 Å². The molecule has 1 N–H and O–H groups in total. The number of hydrogen-bond acceptors (Lipinski definition) is 2. The molecular weight excluding hydrogens is 302 g/mol. The Bertz CT molecular complexity index is 513. The largest absolute Gasteiger partial charge is 0.355 e. The number of carbonyl (C=O) groups is 1. The number of fused-ring (bicyclic) bond motifs is 2. The molecule has 1 unspecified atom stereocenters. The minimum Gasteiger partial charge on any atom is -0.355 e. The Kier molecular flexibility index (Phi) is 6.04. The van der Waals surface area contributed by atoms with Crippen LogP contribution in [0.25, 0.3) is 0 Å². The molecule has 2 aliphatic heterocycles. The van der Waals surface area contributed by atoms with Crippen molar-refractivity contribution in [3.8, 4) is 0 Å². The van der Waals surface area contributed by atoms with Gasteiger partial charge in [-0.15, -0.1) is 0 Å². The number of nitrogens with one attached hydrogen (secondary N) is 1. The van der Waals surface area contributed by atoms with Crippen molar-refractivity contribution in [1.29, 1.82) is 0 Å². The van der Waals surface area contributed by atoms with Crippen LogP contribution in [0.2, 0.25) is 0 Å². The highest BCUT2D eigenvalue weighted by Crippen LogP contribution is 2.43. The third-order valence-electron chi connectivity index (χ3n) is 5.34. The summed E-state index contributed by atoms with van der Waals surface area (Å²) in [7, 11) is 0. The number of unbranched alkanes of at least 4 members (excludes halogenated alkanes) is 2. The van der Waals surface area contributed by atoms with Crippen LogP contribution in [0.3, 0.4) is 0 Å². The number of thioether (sulfide) groups is 1. The summed E-state index contributed by atoms with van der Waals surface area (Å²) in [6.45, 7) is 3.10. The number of benzene rings is 1.